The quantitative estimate of drug-likeness (QED) is 0.694. The van der Waals surface area contributed by atoms with Gasteiger partial charge in [-0.25, -0.2) is 0 Å². The molecule has 1 aliphatic heterocycles. The van der Waals surface area contributed by atoms with Crippen LogP contribution >= 0.6 is 0 Å². The number of benzene rings is 1. The Hall–Kier alpha value is 0.877. The molecule has 2 rings (SSSR count). The average molecular weight is 354 g/mol. The second kappa shape index (κ2) is 4.79. The molecule has 1 aromatic carbocycles. The molecule has 0 N–H and O–H groups in total. The van der Waals surface area contributed by atoms with Gasteiger partial charge >= 0.3 is 0 Å². The molecule has 1 nitrogen and oxygen atoms in total. The second-order valence-corrected chi connectivity index (χ2v) is 2.25. The van der Waals surface area contributed by atoms with E-state index in [0.29, 0.717) is 6.61 Å². The van der Waals surface area contributed by atoms with Gasteiger partial charge in [0.1, 0.15) is 12.4 Å². The third-order valence-electron chi connectivity index (χ3n) is 1.55. The van der Waals surface area contributed by atoms with E-state index >= 15 is 0 Å². The van der Waals surface area contributed by atoms with Gasteiger partial charge in [0.05, 0.1) is 0 Å². The standard InChI is InChI=1S/C9H8O.Rn/c1-2-6-9-8(4-1)5-3-7-10-9;/h1-6H,7H2;. The van der Waals surface area contributed by atoms with Crippen LogP contribution in [-0.2, 0) is 0 Å². The van der Waals surface area contributed by atoms with Gasteiger partial charge in [0.2, 0.25) is 0 Å². The van der Waals surface area contributed by atoms with E-state index < -0.39 is 0 Å². The summed E-state index contributed by atoms with van der Waals surface area (Å²) in [6, 6.07) is 8.03. The molecule has 0 atom stereocenters. The van der Waals surface area contributed by atoms with E-state index in [1.54, 1.807) is 0 Å². The predicted molar refractivity (Wildman–Crippen MR) is 41.0 cm³/mol. The number of hydrogen-bond donors (Lipinski definition) is 0. The van der Waals surface area contributed by atoms with Crippen LogP contribution in [0, 0.1) is 71.9 Å². The van der Waals surface area contributed by atoms with Crippen LogP contribution in [0.15, 0.2) is 30.3 Å². The molecule has 0 spiro atoms. The van der Waals surface area contributed by atoms with Crippen LogP contribution in [0.5, 0.6) is 5.75 Å². The molecule has 0 aliphatic carbocycles. The topological polar surface area (TPSA) is 9.23 Å². The summed E-state index contributed by atoms with van der Waals surface area (Å²) in [4.78, 5) is 0. The zero-order chi connectivity index (χ0) is 6.81. The van der Waals surface area contributed by atoms with Crippen molar-refractivity contribution in [2.45, 2.75) is 0 Å². The summed E-state index contributed by atoms with van der Waals surface area (Å²) in [5.74, 6) is 0.991. The first kappa shape index (κ1) is 9.96. The molecule has 1 heterocycles. The van der Waals surface area contributed by atoms with Gasteiger partial charge in [0.15, 0.2) is 0 Å². The zero-order valence-corrected chi connectivity index (χ0v) is 8.68. The van der Waals surface area contributed by atoms with E-state index in [-0.39, 0.29) is 71.9 Å². The minimum absolute atomic E-state index is 0. The molecule has 0 radical (unpaired) electrons. The van der Waals surface area contributed by atoms with Gasteiger partial charge in [-0.3, -0.25) is 0 Å². The first-order chi connectivity index (χ1) is 4.97. The third-order valence-corrected chi connectivity index (χ3v) is 1.55. The molecule has 0 saturated carbocycles. The molecule has 0 saturated heterocycles. The molecule has 2 heteroatoms. The molecule has 11 heavy (non-hydrogen) atoms. The number of para-hydroxylation sites is 1. The maximum atomic E-state index is 5.34. The average Bonchev–Trinajstić information content (AvgIpc) is 2.05. The molecule has 0 bridgehead atoms. The molecule has 0 unspecified atom stereocenters. The minimum Gasteiger partial charge on any atom is -0.489 e. The van der Waals surface area contributed by atoms with Gasteiger partial charge in [0, 0.05) is 77.4 Å². The Morgan fingerprint density at radius 2 is 2.00 bits per heavy atom. The molecular formula is C9H8ORn. The Bertz CT molecular complexity index is 268. The van der Waals surface area contributed by atoms with Crippen molar-refractivity contribution in [1.29, 1.82) is 0 Å². The smallest absolute Gasteiger partial charge is 0.126 e. The van der Waals surface area contributed by atoms with Crippen molar-refractivity contribution in [1.82, 2.24) is 0 Å². The van der Waals surface area contributed by atoms with E-state index in [0.717, 1.165) is 5.75 Å². The van der Waals surface area contributed by atoms with Gasteiger partial charge in [-0.2, -0.15) is 0 Å². The van der Waals surface area contributed by atoms with Crippen LogP contribution in [0.1, 0.15) is 5.56 Å². The van der Waals surface area contributed by atoms with E-state index in [4.69, 9.17) is 4.74 Å². The summed E-state index contributed by atoms with van der Waals surface area (Å²) < 4.78 is 5.34. The van der Waals surface area contributed by atoms with Crippen LogP contribution in [0.3, 0.4) is 0 Å². The van der Waals surface area contributed by atoms with Crippen molar-refractivity contribution in [3.8, 4) is 5.75 Å². The van der Waals surface area contributed by atoms with Gasteiger partial charge in [-0.05, 0) is 12.1 Å². The van der Waals surface area contributed by atoms with Gasteiger partial charge < -0.3 is 4.74 Å². The Morgan fingerprint density at radius 3 is 2.82 bits per heavy atom. The van der Waals surface area contributed by atoms with E-state index in [9.17, 15) is 0 Å². The van der Waals surface area contributed by atoms with Crippen molar-refractivity contribution in [2.75, 3.05) is 6.61 Å². The van der Waals surface area contributed by atoms with Crippen molar-refractivity contribution in [2.24, 2.45) is 0 Å². The molecular weight excluding hydrogens is 346 g/mol. The number of hydrogen-bond acceptors (Lipinski definition) is 1. The summed E-state index contributed by atoms with van der Waals surface area (Å²) in [5.41, 5.74) is 1.17. The summed E-state index contributed by atoms with van der Waals surface area (Å²) in [6.45, 7) is 0.705. The fourth-order valence-electron chi connectivity index (χ4n) is 1.06. The van der Waals surface area contributed by atoms with Crippen LogP contribution in [0.4, 0.5) is 0 Å². The summed E-state index contributed by atoms with van der Waals surface area (Å²) in [7, 11) is 0. The Labute approximate surface area is 128 Å². The van der Waals surface area contributed by atoms with Crippen LogP contribution in [-0.4, -0.2) is 6.61 Å². The van der Waals surface area contributed by atoms with E-state index in [1.807, 2.05) is 30.3 Å². The van der Waals surface area contributed by atoms with Crippen molar-refractivity contribution in [3.05, 3.63) is 35.9 Å². The molecule has 1 aromatic rings. The Morgan fingerprint density at radius 1 is 1.18 bits per heavy atom. The van der Waals surface area contributed by atoms with Crippen LogP contribution in [0.25, 0.3) is 6.08 Å². The summed E-state index contributed by atoms with van der Waals surface area (Å²) in [5, 5.41) is 0. The third kappa shape index (κ3) is 2.41. The van der Waals surface area contributed by atoms with Crippen LogP contribution in [0.2, 0.25) is 0 Å². The minimum atomic E-state index is 0. The van der Waals surface area contributed by atoms with Gasteiger partial charge in [-0.1, -0.05) is 24.3 Å². The van der Waals surface area contributed by atoms with Crippen molar-refractivity contribution < 1.29 is 76.6 Å². The fraction of sp³-hybridized carbons (Fsp3) is 0.111. The Kier molecular flexibility index (Phi) is 4.34. The number of ether oxygens (including phenoxy) is 1. The largest absolute Gasteiger partial charge is 0.489 e. The SMILES string of the molecule is C1=Cc2ccccc2OC1.[Rn]. The van der Waals surface area contributed by atoms with Crippen molar-refractivity contribution in [3.63, 3.8) is 0 Å². The second-order valence-electron chi connectivity index (χ2n) is 2.25. The normalized spacial score (nSPS) is 12.7. The molecule has 0 fully saturated rings. The maximum absolute atomic E-state index is 5.34. The zero-order valence-electron chi connectivity index (χ0n) is 5.93. The molecule has 58 valence electrons. The predicted octanol–water partition coefficient (Wildman–Crippen LogP) is 2.09. The van der Waals surface area contributed by atoms with E-state index in [2.05, 4.69) is 6.08 Å². The Balaban J connectivity index is 0.000000605. The summed E-state index contributed by atoms with van der Waals surface area (Å²) >= 11 is 0. The number of fused-ring (bicyclic) bond motifs is 1. The monoisotopic (exact) mass is 354 g/mol. The first-order valence-electron chi connectivity index (χ1n) is 3.35. The molecule has 1 aliphatic rings. The maximum Gasteiger partial charge on any atom is 0.126 e. The van der Waals surface area contributed by atoms with Gasteiger partial charge in [-0.15, -0.1) is 0 Å². The molecule has 0 aromatic heterocycles. The molecule has 0 amide bonds. The first-order valence-corrected chi connectivity index (χ1v) is 3.35. The summed E-state index contributed by atoms with van der Waals surface area (Å²) in [6.07, 6.45) is 4.10. The van der Waals surface area contributed by atoms with E-state index in [1.165, 1.54) is 5.56 Å². The van der Waals surface area contributed by atoms with Crippen LogP contribution < -0.4 is 4.74 Å². The fourth-order valence-corrected chi connectivity index (χ4v) is 1.06. The van der Waals surface area contributed by atoms with Crippen molar-refractivity contribution >= 4 is 6.08 Å². The van der Waals surface area contributed by atoms with Gasteiger partial charge in [0.25, 0.3) is 0 Å². The number of rotatable bonds is 0.